The van der Waals surface area contributed by atoms with Crippen LogP contribution in [0.2, 0.25) is 0 Å². The van der Waals surface area contributed by atoms with Crippen molar-refractivity contribution in [3.8, 4) is 0 Å². The Morgan fingerprint density at radius 3 is 2.55 bits per heavy atom. The number of nitrogens with zero attached hydrogens (tertiary/aromatic N) is 1. The Kier molecular flexibility index (Phi) is 4.44. The molecule has 0 aromatic heterocycles. The highest BCUT2D eigenvalue weighted by molar-refractivity contribution is 5.83. The second-order valence-electron chi connectivity index (χ2n) is 7.50. The summed E-state index contributed by atoms with van der Waals surface area (Å²) in [6.07, 6.45) is 0.830. The molecule has 2 rings (SSSR count). The quantitative estimate of drug-likeness (QED) is 0.789. The van der Waals surface area contributed by atoms with E-state index >= 15 is 0 Å². The molecule has 2 aliphatic rings. The lowest BCUT2D eigenvalue weighted by Crippen LogP contribution is -2.46. The van der Waals surface area contributed by atoms with Gasteiger partial charge in [0.2, 0.25) is 0 Å². The fourth-order valence-electron chi connectivity index (χ4n) is 3.61. The minimum atomic E-state index is -0.855. The number of hydrogen-bond donors (Lipinski definition) is 1. The van der Waals surface area contributed by atoms with E-state index in [4.69, 9.17) is 9.47 Å². The molecular formula is C16H27NO5. The van der Waals surface area contributed by atoms with Crippen molar-refractivity contribution in [2.24, 2.45) is 11.8 Å². The highest BCUT2D eigenvalue weighted by Gasteiger charge is 2.58. The standard InChI is InChI=1S/C16H27NO5/c1-6-21-13(18)12-10-7-8-16(5,20)11(10)9-17(12)14(19)22-15(2,3)4/h10-12,20H,6-9H2,1-5H3/t10-,11-,12-,16+/m0/s1. The van der Waals surface area contributed by atoms with Crippen LogP contribution in [0, 0.1) is 11.8 Å². The topological polar surface area (TPSA) is 76.1 Å². The van der Waals surface area contributed by atoms with E-state index in [0.717, 1.165) is 0 Å². The number of ether oxygens (including phenoxy) is 2. The number of fused-ring (bicyclic) bond motifs is 1. The van der Waals surface area contributed by atoms with Crippen LogP contribution in [0.15, 0.2) is 0 Å². The molecule has 6 nitrogen and oxygen atoms in total. The SMILES string of the molecule is CCOC(=O)[C@@H]1[C@H]2CC[C@@](C)(O)[C@H]2CN1C(=O)OC(C)(C)C. The highest BCUT2D eigenvalue weighted by atomic mass is 16.6. The number of likely N-dealkylation sites (tertiary alicyclic amines) is 1. The van der Waals surface area contributed by atoms with Crippen LogP contribution in [0.4, 0.5) is 4.79 Å². The number of carbonyl (C=O) groups excluding carboxylic acids is 2. The summed E-state index contributed by atoms with van der Waals surface area (Å²) < 4.78 is 10.6. The second kappa shape index (κ2) is 5.72. The first-order chi connectivity index (χ1) is 10.1. The van der Waals surface area contributed by atoms with Gasteiger partial charge in [0, 0.05) is 12.5 Å². The summed E-state index contributed by atoms with van der Waals surface area (Å²) in [6, 6.07) is -0.659. The van der Waals surface area contributed by atoms with Crippen LogP contribution in [0.3, 0.4) is 0 Å². The largest absolute Gasteiger partial charge is 0.464 e. The third kappa shape index (κ3) is 3.21. The van der Waals surface area contributed by atoms with Gasteiger partial charge in [0.05, 0.1) is 12.2 Å². The molecule has 0 spiro atoms. The molecular weight excluding hydrogens is 286 g/mol. The second-order valence-corrected chi connectivity index (χ2v) is 7.50. The van der Waals surface area contributed by atoms with E-state index in [1.165, 1.54) is 4.90 Å². The molecule has 1 amide bonds. The summed E-state index contributed by atoms with van der Waals surface area (Å²) in [5, 5.41) is 10.5. The van der Waals surface area contributed by atoms with Gasteiger partial charge < -0.3 is 14.6 Å². The molecule has 2 fully saturated rings. The molecule has 126 valence electrons. The monoisotopic (exact) mass is 313 g/mol. The summed E-state index contributed by atoms with van der Waals surface area (Å²) in [6.45, 7) is 9.48. The first-order valence-corrected chi connectivity index (χ1v) is 7.95. The number of aliphatic hydroxyl groups is 1. The summed E-state index contributed by atoms with van der Waals surface area (Å²) in [4.78, 5) is 26.2. The summed E-state index contributed by atoms with van der Waals surface area (Å²) in [5.74, 6) is -0.588. The highest BCUT2D eigenvalue weighted by Crippen LogP contribution is 2.48. The average molecular weight is 313 g/mol. The maximum absolute atomic E-state index is 12.4. The fraction of sp³-hybridized carbons (Fsp3) is 0.875. The summed E-state index contributed by atoms with van der Waals surface area (Å²) in [5.41, 5.74) is -1.48. The van der Waals surface area contributed by atoms with Crippen LogP contribution in [0.25, 0.3) is 0 Å². The van der Waals surface area contributed by atoms with E-state index in [1.807, 2.05) is 0 Å². The van der Waals surface area contributed by atoms with E-state index in [0.29, 0.717) is 19.4 Å². The molecule has 1 saturated heterocycles. The molecule has 0 aromatic rings. The first kappa shape index (κ1) is 17.1. The normalized spacial score (nSPS) is 34.5. The van der Waals surface area contributed by atoms with Gasteiger partial charge in [0.1, 0.15) is 11.6 Å². The first-order valence-electron chi connectivity index (χ1n) is 7.95. The van der Waals surface area contributed by atoms with E-state index in [2.05, 4.69) is 0 Å². The van der Waals surface area contributed by atoms with Crippen molar-refractivity contribution < 1.29 is 24.2 Å². The van der Waals surface area contributed by atoms with E-state index in [1.54, 1.807) is 34.6 Å². The molecule has 4 atom stereocenters. The molecule has 1 heterocycles. The van der Waals surface area contributed by atoms with Crippen molar-refractivity contribution in [1.29, 1.82) is 0 Å². The molecule has 0 unspecified atom stereocenters. The van der Waals surface area contributed by atoms with Crippen LogP contribution in [-0.2, 0) is 14.3 Å². The summed E-state index contributed by atoms with van der Waals surface area (Å²) in [7, 11) is 0. The van der Waals surface area contributed by atoms with Gasteiger partial charge in [-0.25, -0.2) is 9.59 Å². The third-order valence-corrected chi connectivity index (χ3v) is 4.59. The van der Waals surface area contributed by atoms with Crippen LogP contribution in [0.5, 0.6) is 0 Å². The van der Waals surface area contributed by atoms with Gasteiger partial charge in [-0.2, -0.15) is 0 Å². The van der Waals surface area contributed by atoms with Crippen molar-refractivity contribution in [1.82, 2.24) is 4.90 Å². The lowest BCUT2D eigenvalue weighted by atomic mass is 9.87. The number of hydrogen-bond acceptors (Lipinski definition) is 5. The smallest absolute Gasteiger partial charge is 0.411 e. The number of esters is 1. The fourth-order valence-corrected chi connectivity index (χ4v) is 3.61. The molecule has 0 aromatic carbocycles. The predicted molar refractivity (Wildman–Crippen MR) is 80.2 cm³/mol. The Bertz CT molecular complexity index is 454. The van der Waals surface area contributed by atoms with Crippen molar-refractivity contribution in [2.45, 2.75) is 64.7 Å². The molecule has 0 radical (unpaired) electrons. The molecule has 1 saturated carbocycles. The molecule has 1 N–H and O–H groups in total. The summed E-state index contributed by atoms with van der Waals surface area (Å²) >= 11 is 0. The van der Waals surface area contributed by atoms with E-state index in [-0.39, 0.29) is 18.4 Å². The van der Waals surface area contributed by atoms with Gasteiger partial charge in [0.25, 0.3) is 0 Å². The lowest BCUT2D eigenvalue weighted by molar-refractivity contribution is -0.149. The van der Waals surface area contributed by atoms with Crippen molar-refractivity contribution in [3.05, 3.63) is 0 Å². The van der Waals surface area contributed by atoms with Crippen LogP contribution in [0.1, 0.15) is 47.5 Å². The third-order valence-electron chi connectivity index (χ3n) is 4.59. The Balaban J connectivity index is 2.23. The van der Waals surface area contributed by atoms with Gasteiger partial charge >= 0.3 is 12.1 Å². The zero-order valence-electron chi connectivity index (χ0n) is 14.1. The number of carbonyl (C=O) groups is 2. The van der Waals surface area contributed by atoms with Gasteiger partial charge in [-0.05, 0) is 53.4 Å². The number of amides is 1. The van der Waals surface area contributed by atoms with E-state index in [9.17, 15) is 14.7 Å². The zero-order valence-corrected chi connectivity index (χ0v) is 14.1. The van der Waals surface area contributed by atoms with Crippen LogP contribution >= 0.6 is 0 Å². The lowest BCUT2D eigenvalue weighted by Gasteiger charge is -2.29. The molecule has 1 aliphatic heterocycles. The maximum Gasteiger partial charge on any atom is 0.411 e. The Hall–Kier alpha value is -1.30. The average Bonchev–Trinajstić information content (AvgIpc) is 2.86. The van der Waals surface area contributed by atoms with Crippen molar-refractivity contribution in [2.75, 3.05) is 13.2 Å². The minimum absolute atomic E-state index is 0.0680. The van der Waals surface area contributed by atoms with Crippen LogP contribution < -0.4 is 0 Å². The van der Waals surface area contributed by atoms with Crippen molar-refractivity contribution >= 4 is 12.1 Å². The molecule has 22 heavy (non-hydrogen) atoms. The van der Waals surface area contributed by atoms with Gasteiger partial charge in [-0.1, -0.05) is 0 Å². The van der Waals surface area contributed by atoms with E-state index < -0.39 is 29.3 Å². The molecule has 6 heteroatoms. The van der Waals surface area contributed by atoms with Gasteiger partial charge in [-0.3, -0.25) is 4.90 Å². The molecule has 0 bridgehead atoms. The number of rotatable bonds is 2. The van der Waals surface area contributed by atoms with Gasteiger partial charge in [-0.15, -0.1) is 0 Å². The molecule has 1 aliphatic carbocycles. The Labute approximate surface area is 131 Å². The van der Waals surface area contributed by atoms with Crippen LogP contribution in [-0.4, -0.2) is 52.5 Å². The Morgan fingerprint density at radius 2 is 2.00 bits per heavy atom. The zero-order chi connectivity index (χ0) is 16.7. The van der Waals surface area contributed by atoms with Gasteiger partial charge in [0.15, 0.2) is 0 Å². The minimum Gasteiger partial charge on any atom is -0.464 e. The Morgan fingerprint density at radius 1 is 1.36 bits per heavy atom. The predicted octanol–water partition coefficient (Wildman–Crippen LogP) is 1.95. The maximum atomic E-state index is 12.4. The van der Waals surface area contributed by atoms with Crippen molar-refractivity contribution in [3.63, 3.8) is 0 Å².